The number of rotatable bonds is 8. The minimum Gasteiger partial charge on any atom is -0.321 e. The maximum atomic E-state index is 13.0. The van der Waals surface area contributed by atoms with Gasteiger partial charge in [0.1, 0.15) is 5.70 Å². The van der Waals surface area contributed by atoms with E-state index in [1.54, 1.807) is 96.5 Å². The van der Waals surface area contributed by atoms with E-state index in [0.717, 1.165) is 5.56 Å². The van der Waals surface area contributed by atoms with Crippen molar-refractivity contribution in [1.82, 2.24) is 10.3 Å². The number of aromatic nitrogens is 1. The van der Waals surface area contributed by atoms with Crippen LogP contribution in [0.4, 0.5) is 5.69 Å². The maximum Gasteiger partial charge on any atom is 0.272 e. The van der Waals surface area contributed by atoms with E-state index < -0.39 is 11.8 Å². The van der Waals surface area contributed by atoms with Gasteiger partial charge in [0.15, 0.2) is 5.78 Å². The first-order valence-electron chi connectivity index (χ1n) is 10.7. The summed E-state index contributed by atoms with van der Waals surface area (Å²) in [4.78, 5) is 42.2. The van der Waals surface area contributed by atoms with Crippen LogP contribution in [0.15, 0.2) is 108 Å². The highest BCUT2D eigenvalue weighted by Crippen LogP contribution is 2.14. The first kappa shape index (κ1) is 23.5. The predicted octanol–water partition coefficient (Wildman–Crippen LogP) is 5.45. The molecule has 0 unspecified atom stereocenters. The zero-order valence-corrected chi connectivity index (χ0v) is 19.4. The summed E-state index contributed by atoms with van der Waals surface area (Å²) in [5.74, 6) is -1.05. The molecule has 0 aliphatic rings. The molecule has 0 bridgehead atoms. The Balaban J connectivity index is 1.48. The van der Waals surface area contributed by atoms with Crippen molar-refractivity contribution in [3.63, 3.8) is 0 Å². The molecule has 0 aliphatic heterocycles. The summed E-state index contributed by atoms with van der Waals surface area (Å²) in [5, 5.41) is 9.35. The van der Waals surface area contributed by atoms with E-state index in [9.17, 15) is 14.4 Å². The molecule has 2 N–H and O–H groups in total. The summed E-state index contributed by atoms with van der Waals surface area (Å²) < 4.78 is 0. The zero-order chi connectivity index (χ0) is 24.5. The largest absolute Gasteiger partial charge is 0.321 e. The summed E-state index contributed by atoms with van der Waals surface area (Å²) in [7, 11) is 0. The predicted molar refractivity (Wildman–Crippen MR) is 139 cm³/mol. The number of hydrogen-bond donors (Lipinski definition) is 2. The molecule has 0 fully saturated rings. The fourth-order valence-corrected chi connectivity index (χ4v) is 3.75. The summed E-state index contributed by atoms with van der Waals surface area (Å²) in [6.07, 6.45) is 8.04. The van der Waals surface area contributed by atoms with E-state index in [4.69, 9.17) is 0 Å². The van der Waals surface area contributed by atoms with Crippen LogP contribution in [0.3, 0.4) is 0 Å². The molecule has 0 aliphatic carbocycles. The zero-order valence-electron chi connectivity index (χ0n) is 18.5. The lowest BCUT2D eigenvalue weighted by Crippen LogP contribution is -2.30. The van der Waals surface area contributed by atoms with Crippen LogP contribution in [0.2, 0.25) is 0 Å². The Morgan fingerprint density at radius 1 is 0.829 bits per heavy atom. The number of hydrogen-bond acceptors (Lipinski definition) is 5. The van der Waals surface area contributed by atoms with E-state index in [1.807, 2.05) is 22.9 Å². The smallest absolute Gasteiger partial charge is 0.272 e. The van der Waals surface area contributed by atoms with Gasteiger partial charge >= 0.3 is 0 Å². The van der Waals surface area contributed by atoms with E-state index in [1.165, 1.54) is 6.08 Å². The van der Waals surface area contributed by atoms with E-state index in [0.29, 0.717) is 22.4 Å². The molecule has 172 valence electrons. The van der Waals surface area contributed by atoms with Gasteiger partial charge in [-0.1, -0.05) is 30.3 Å². The summed E-state index contributed by atoms with van der Waals surface area (Å²) >= 11 is 1.56. The van der Waals surface area contributed by atoms with Crippen molar-refractivity contribution < 1.29 is 14.4 Å². The van der Waals surface area contributed by atoms with Crippen molar-refractivity contribution in [3.05, 3.63) is 130 Å². The van der Waals surface area contributed by atoms with E-state index in [-0.39, 0.29) is 11.5 Å². The molecule has 2 heterocycles. The van der Waals surface area contributed by atoms with Crippen molar-refractivity contribution in [1.29, 1.82) is 0 Å². The summed E-state index contributed by atoms with van der Waals surface area (Å²) in [6.45, 7) is 0. The van der Waals surface area contributed by atoms with Gasteiger partial charge in [-0.25, -0.2) is 0 Å². The minimum atomic E-state index is -0.505. The van der Waals surface area contributed by atoms with Crippen molar-refractivity contribution in [2.45, 2.75) is 0 Å². The Kier molecular flexibility index (Phi) is 7.73. The van der Waals surface area contributed by atoms with Crippen molar-refractivity contribution in [2.24, 2.45) is 0 Å². The maximum absolute atomic E-state index is 13.0. The third-order valence-electron chi connectivity index (χ3n) is 4.92. The van der Waals surface area contributed by atoms with E-state index in [2.05, 4.69) is 15.6 Å². The lowest BCUT2D eigenvalue weighted by atomic mass is 10.1. The number of anilines is 1. The SMILES string of the molecule is O=C(Nc1ccc(C(=O)/C=C/c2ccsc2)cc1)/C(=C/c1cccnc1)NC(=O)c1ccccc1. The summed E-state index contributed by atoms with van der Waals surface area (Å²) in [5.41, 5.74) is 3.10. The number of thiophene rings is 1. The van der Waals surface area contributed by atoms with Crippen molar-refractivity contribution in [2.75, 3.05) is 5.32 Å². The second-order valence-electron chi connectivity index (χ2n) is 7.45. The van der Waals surface area contributed by atoms with Crippen LogP contribution >= 0.6 is 11.3 Å². The highest BCUT2D eigenvalue weighted by Gasteiger charge is 2.15. The molecule has 0 atom stereocenters. The molecule has 0 saturated heterocycles. The van der Waals surface area contributed by atoms with Crippen LogP contribution in [0.25, 0.3) is 12.2 Å². The molecule has 6 nitrogen and oxygen atoms in total. The molecule has 2 aromatic heterocycles. The molecule has 0 spiro atoms. The van der Waals surface area contributed by atoms with Gasteiger partial charge in [0.05, 0.1) is 0 Å². The number of nitrogens with zero attached hydrogens (tertiary/aromatic N) is 1. The molecule has 0 saturated carbocycles. The number of carbonyl (C=O) groups excluding carboxylic acids is 3. The molecule has 0 radical (unpaired) electrons. The number of nitrogens with one attached hydrogen (secondary N) is 2. The van der Waals surface area contributed by atoms with Gasteiger partial charge in [-0.15, -0.1) is 0 Å². The fraction of sp³-hybridized carbons (Fsp3) is 0. The van der Waals surface area contributed by atoms with Crippen LogP contribution in [0, 0.1) is 0 Å². The molecule has 7 heteroatoms. The molecule has 4 aromatic rings. The molecular weight excluding hydrogens is 458 g/mol. The van der Waals surface area contributed by atoms with Crippen LogP contribution < -0.4 is 10.6 Å². The van der Waals surface area contributed by atoms with Gasteiger partial charge in [0, 0.05) is 29.2 Å². The van der Waals surface area contributed by atoms with Gasteiger partial charge in [0.25, 0.3) is 11.8 Å². The Bertz CT molecular complexity index is 1360. The molecule has 2 aromatic carbocycles. The third kappa shape index (κ3) is 6.69. The number of allylic oxidation sites excluding steroid dienone is 1. The Hall–Kier alpha value is -4.62. The summed E-state index contributed by atoms with van der Waals surface area (Å²) in [6, 6.07) is 20.6. The number of carbonyl (C=O) groups is 3. The lowest BCUT2D eigenvalue weighted by molar-refractivity contribution is -0.113. The highest BCUT2D eigenvalue weighted by molar-refractivity contribution is 7.08. The second kappa shape index (κ2) is 11.5. The molecule has 4 rings (SSSR count). The monoisotopic (exact) mass is 479 g/mol. The van der Waals surface area contributed by atoms with E-state index >= 15 is 0 Å². The average Bonchev–Trinajstić information content (AvgIpc) is 3.42. The number of benzene rings is 2. The number of ketones is 1. The second-order valence-corrected chi connectivity index (χ2v) is 8.23. The van der Waals surface area contributed by atoms with Crippen LogP contribution in [0.1, 0.15) is 31.8 Å². The topological polar surface area (TPSA) is 88.2 Å². The minimum absolute atomic E-state index is 0.0608. The van der Waals surface area contributed by atoms with Crippen LogP contribution in [-0.4, -0.2) is 22.6 Å². The first-order valence-corrected chi connectivity index (χ1v) is 11.7. The van der Waals surface area contributed by atoms with Gasteiger partial charge in [-0.3, -0.25) is 19.4 Å². The van der Waals surface area contributed by atoms with Crippen molar-refractivity contribution >= 4 is 46.8 Å². The highest BCUT2D eigenvalue weighted by atomic mass is 32.1. The molecule has 2 amide bonds. The normalized spacial score (nSPS) is 11.3. The number of amides is 2. The molecule has 35 heavy (non-hydrogen) atoms. The third-order valence-corrected chi connectivity index (χ3v) is 5.62. The van der Waals surface area contributed by atoms with Gasteiger partial charge in [-0.05, 0) is 82.6 Å². The Morgan fingerprint density at radius 3 is 2.31 bits per heavy atom. The Morgan fingerprint density at radius 2 is 1.63 bits per heavy atom. The van der Waals surface area contributed by atoms with Crippen molar-refractivity contribution in [3.8, 4) is 0 Å². The van der Waals surface area contributed by atoms with Gasteiger partial charge < -0.3 is 10.6 Å². The fourth-order valence-electron chi connectivity index (χ4n) is 3.12. The quantitative estimate of drug-likeness (QED) is 0.260. The van der Waals surface area contributed by atoms with Gasteiger partial charge in [0.2, 0.25) is 0 Å². The Labute approximate surface area is 206 Å². The molecular formula is C28H21N3O3S. The number of pyridine rings is 1. The average molecular weight is 480 g/mol. The lowest BCUT2D eigenvalue weighted by Gasteiger charge is -2.11. The first-order chi connectivity index (χ1) is 17.1. The van der Waals surface area contributed by atoms with Gasteiger partial charge in [-0.2, -0.15) is 11.3 Å². The standard InChI is InChI=1S/C28H21N3O3S/c32-26(13-8-20-14-16-35-19-20)22-9-11-24(12-10-22)30-28(34)25(17-21-5-4-15-29-18-21)31-27(33)23-6-2-1-3-7-23/h1-19H,(H,30,34)(H,31,33)/b13-8+,25-17-. The van der Waals surface area contributed by atoms with Crippen LogP contribution in [-0.2, 0) is 4.79 Å². The van der Waals surface area contributed by atoms with Crippen LogP contribution in [0.5, 0.6) is 0 Å².